The van der Waals surface area contributed by atoms with E-state index in [1.54, 1.807) is 0 Å². The molecule has 0 amide bonds. The maximum atomic E-state index is 4.71. The smallest absolute Gasteiger partial charge is 0.208 e. The van der Waals surface area contributed by atoms with E-state index in [2.05, 4.69) is 59.3 Å². The first kappa shape index (κ1) is 12.7. The summed E-state index contributed by atoms with van der Waals surface area (Å²) in [5.74, 6) is 0.922. The maximum absolute atomic E-state index is 4.71. The van der Waals surface area contributed by atoms with Crippen molar-refractivity contribution in [2.45, 2.75) is 19.8 Å². The van der Waals surface area contributed by atoms with Gasteiger partial charge in [-0.25, -0.2) is 4.98 Å². The van der Waals surface area contributed by atoms with Crippen LogP contribution in [0.4, 0.5) is 5.95 Å². The first-order chi connectivity index (χ1) is 9.90. The molecule has 0 aliphatic carbocycles. The number of nitrogens with zero attached hydrogens (tertiary/aromatic N) is 2. The Bertz CT molecular complexity index is 686. The van der Waals surface area contributed by atoms with Crippen LogP contribution >= 0.6 is 0 Å². The zero-order valence-corrected chi connectivity index (χ0v) is 11.7. The van der Waals surface area contributed by atoms with Crippen LogP contribution in [0.25, 0.3) is 16.7 Å². The lowest BCUT2D eigenvalue weighted by molar-refractivity contribution is 0.824. The van der Waals surface area contributed by atoms with Crippen molar-refractivity contribution in [2.24, 2.45) is 0 Å². The summed E-state index contributed by atoms with van der Waals surface area (Å²) in [6.45, 7) is 3.15. The fraction of sp³-hybridized carbons (Fsp3) is 0.235. The standard InChI is InChI=1S/C17H19N3/c1-2-3-13-18-17-19-15-11-7-8-12-16(15)20(17)14-9-5-4-6-10-14/h4-12H,2-3,13H2,1H3,(H,18,19). The van der Waals surface area contributed by atoms with Gasteiger partial charge in [0.05, 0.1) is 11.0 Å². The van der Waals surface area contributed by atoms with Crippen molar-refractivity contribution >= 4 is 17.0 Å². The van der Waals surface area contributed by atoms with Gasteiger partial charge in [0.1, 0.15) is 0 Å². The number of hydrogen-bond donors (Lipinski definition) is 1. The van der Waals surface area contributed by atoms with Gasteiger partial charge in [0.25, 0.3) is 0 Å². The van der Waals surface area contributed by atoms with Crippen molar-refractivity contribution in [1.82, 2.24) is 9.55 Å². The Morgan fingerprint density at radius 3 is 2.55 bits per heavy atom. The molecule has 0 fully saturated rings. The van der Waals surface area contributed by atoms with Crippen molar-refractivity contribution in [3.63, 3.8) is 0 Å². The molecule has 1 N–H and O–H groups in total. The molecule has 20 heavy (non-hydrogen) atoms. The molecule has 0 spiro atoms. The Hall–Kier alpha value is -2.29. The fourth-order valence-corrected chi connectivity index (χ4v) is 2.36. The van der Waals surface area contributed by atoms with E-state index in [9.17, 15) is 0 Å². The van der Waals surface area contributed by atoms with Gasteiger partial charge in [-0.2, -0.15) is 0 Å². The van der Waals surface area contributed by atoms with Gasteiger partial charge in [0, 0.05) is 12.2 Å². The maximum Gasteiger partial charge on any atom is 0.208 e. The summed E-state index contributed by atoms with van der Waals surface area (Å²) >= 11 is 0. The topological polar surface area (TPSA) is 29.9 Å². The van der Waals surface area contributed by atoms with Crippen molar-refractivity contribution in [3.05, 3.63) is 54.6 Å². The number of fused-ring (bicyclic) bond motifs is 1. The molecule has 3 aromatic rings. The van der Waals surface area contributed by atoms with Gasteiger partial charge in [0.15, 0.2) is 0 Å². The third-order valence-electron chi connectivity index (χ3n) is 3.39. The zero-order valence-electron chi connectivity index (χ0n) is 11.7. The van der Waals surface area contributed by atoms with Crippen LogP contribution in [0.15, 0.2) is 54.6 Å². The van der Waals surface area contributed by atoms with Crippen LogP contribution in [0, 0.1) is 0 Å². The summed E-state index contributed by atoms with van der Waals surface area (Å²) in [4.78, 5) is 4.71. The minimum absolute atomic E-state index is 0.922. The highest BCUT2D eigenvalue weighted by atomic mass is 15.2. The minimum atomic E-state index is 0.922. The molecule has 0 unspecified atom stereocenters. The van der Waals surface area contributed by atoms with Gasteiger partial charge in [0.2, 0.25) is 5.95 Å². The molecule has 0 radical (unpaired) electrons. The second kappa shape index (κ2) is 5.78. The lowest BCUT2D eigenvalue weighted by Gasteiger charge is -2.10. The number of imidazole rings is 1. The molecule has 0 atom stereocenters. The Kier molecular flexibility index (Phi) is 3.68. The highest BCUT2D eigenvalue weighted by Crippen LogP contribution is 2.24. The minimum Gasteiger partial charge on any atom is -0.355 e. The van der Waals surface area contributed by atoms with Gasteiger partial charge < -0.3 is 5.32 Å². The molecule has 1 aromatic heterocycles. The van der Waals surface area contributed by atoms with Gasteiger partial charge >= 0.3 is 0 Å². The Balaban J connectivity index is 2.09. The molecule has 0 aliphatic rings. The van der Waals surface area contributed by atoms with Gasteiger partial charge in [-0.1, -0.05) is 43.7 Å². The molecular weight excluding hydrogens is 246 g/mol. The molecule has 1 heterocycles. The Morgan fingerprint density at radius 2 is 1.75 bits per heavy atom. The van der Waals surface area contributed by atoms with Crippen molar-refractivity contribution in [1.29, 1.82) is 0 Å². The van der Waals surface area contributed by atoms with E-state index >= 15 is 0 Å². The molecule has 2 aromatic carbocycles. The highest BCUT2D eigenvalue weighted by molar-refractivity contribution is 5.81. The van der Waals surface area contributed by atoms with Crippen molar-refractivity contribution < 1.29 is 0 Å². The average molecular weight is 265 g/mol. The number of benzene rings is 2. The summed E-state index contributed by atoms with van der Waals surface area (Å²) in [7, 11) is 0. The largest absolute Gasteiger partial charge is 0.355 e. The lowest BCUT2D eigenvalue weighted by atomic mass is 10.3. The highest BCUT2D eigenvalue weighted by Gasteiger charge is 2.10. The summed E-state index contributed by atoms with van der Waals surface area (Å²) in [5.41, 5.74) is 3.30. The molecule has 3 heteroatoms. The van der Waals surface area contributed by atoms with E-state index in [-0.39, 0.29) is 0 Å². The van der Waals surface area contributed by atoms with Crippen LogP contribution in [-0.2, 0) is 0 Å². The fourth-order valence-electron chi connectivity index (χ4n) is 2.36. The van der Waals surface area contributed by atoms with Crippen molar-refractivity contribution in [2.75, 3.05) is 11.9 Å². The monoisotopic (exact) mass is 265 g/mol. The van der Waals surface area contributed by atoms with Crippen LogP contribution in [0.5, 0.6) is 0 Å². The van der Waals surface area contributed by atoms with E-state index < -0.39 is 0 Å². The number of aromatic nitrogens is 2. The number of nitrogens with one attached hydrogen (secondary N) is 1. The molecule has 3 rings (SSSR count). The third kappa shape index (κ3) is 2.39. The molecule has 0 aliphatic heterocycles. The second-order valence-electron chi connectivity index (χ2n) is 4.88. The summed E-state index contributed by atoms with van der Waals surface area (Å²) < 4.78 is 2.19. The first-order valence-electron chi connectivity index (χ1n) is 7.17. The zero-order chi connectivity index (χ0) is 13.8. The molecule has 102 valence electrons. The van der Waals surface area contributed by atoms with Gasteiger partial charge in [-0.15, -0.1) is 0 Å². The number of rotatable bonds is 5. The molecule has 0 saturated heterocycles. The van der Waals surface area contributed by atoms with E-state index in [0.29, 0.717) is 0 Å². The molecule has 0 bridgehead atoms. The number of unbranched alkanes of at least 4 members (excludes halogenated alkanes) is 1. The number of hydrogen-bond acceptors (Lipinski definition) is 2. The van der Waals surface area contributed by atoms with E-state index in [0.717, 1.165) is 35.6 Å². The Morgan fingerprint density at radius 1 is 1.00 bits per heavy atom. The second-order valence-corrected chi connectivity index (χ2v) is 4.88. The molecular formula is C17H19N3. The van der Waals surface area contributed by atoms with Crippen LogP contribution < -0.4 is 5.32 Å². The van der Waals surface area contributed by atoms with Crippen LogP contribution in [0.3, 0.4) is 0 Å². The summed E-state index contributed by atoms with van der Waals surface area (Å²) in [5, 5.41) is 3.45. The van der Waals surface area contributed by atoms with Crippen LogP contribution in [-0.4, -0.2) is 16.1 Å². The molecule has 0 saturated carbocycles. The van der Waals surface area contributed by atoms with E-state index in [1.165, 1.54) is 6.42 Å². The SMILES string of the molecule is CCCCNc1nc2ccccc2n1-c1ccccc1. The van der Waals surface area contributed by atoms with Crippen LogP contribution in [0.1, 0.15) is 19.8 Å². The number of anilines is 1. The number of para-hydroxylation sites is 3. The van der Waals surface area contributed by atoms with Gasteiger partial charge in [-0.3, -0.25) is 4.57 Å². The average Bonchev–Trinajstić information content (AvgIpc) is 2.86. The summed E-state index contributed by atoms with van der Waals surface area (Å²) in [6, 6.07) is 18.6. The quantitative estimate of drug-likeness (QED) is 0.699. The van der Waals surface area contributed by atoms with Gasteiger partial charge in [-0.05, 0) is 30.7 Å². The van der Waals surface area contributed by atoms with E-state index in [1.807, 2.05) is 12.1 Å². The van der Waals surface area contributed by atoms with E-state index in [4.69, 9.17) is 4.98 Å². The predicted octanol–water partition coefficient (Wildman–Crippen LogP) is 4.24. The summed E-state index contributed by atoms with van der Waals surface area (Å²) in [6.07, 6.45) is 2.33. The normalized spacial score (nSPS) is 10.8. The Labute approximate surface area is 119 Å². The lowest BCUT2D eigenvalue weighted by Crippen LogP contribution is -2.07. The first-order valence-corrected chi connectivity index (χ1v) is 7.17. The predicted molar refractivity (Wildman–Crippen MR) is 84.5 cm³/mol. The third-order valence-corrected chi connectivity index (χ3v) is 3.39. The van der Waals surface area contributed by atoms with Crippen LogP contribution in [0.2, 0.25) is 0 Å². The van der Waals surface area contributed by atoms with Crippen molar-refractivity contribution in [3.8, 4) is 5.69 Å². The molecule has 3 nitrogen and oxygen atoms in total.